The van der Waals surface area contributed by atoms with Gasteiger partial charge in [0.1, 0.15) is 5.82 Å². The molecule has 0 saturated carbocycles. The Hall–Kier alpha value is -2.27. The minimum absolute atomic E-state index is 0.432. The van der Waals surface area contributed by atoms with Gasteiger partial charge in [0.2, 0.25) is 0 Å². The number of halogens is 4. The molecule has 0 aliphatic heterocycles. The fourth-order valence-corrected chi connectivity index (χ4v) is 4.48. The maximum Gasteiger partial charge on any atom is 0.419 e. The summed E-state index contributed by atoms with van der Waals surface area (Å²) < 4.78 is 52.8. The van der Waals surface area contributed by atoms with Crippen LogP contribution in [0.25, 0.3) is 0 Å². The second-order valence-electron chi connectivity index (χ2n) is 5.07. The van der Waals surface area contributed by atoms with Gasteiger partial charge in [-0.1, -0.05) is 36.4 Å². The molecule has 0 aliphatic rings. The van der Waals surface area contributed by atoms with Crippen molar-refractivity contribution in [3.8, 4) is 0 Å². The Balaban J connectivity index is 2.17. The quantitative estimate of drug-likeness (QED) is 0.405. The normalized spacial score (nSPS) is 11.7. The summed E-state index contributed by atoms with van der Waals surface area (Å²) in [6.07, 6.45) is -4.72. The van der Waals surface area contributed by atoms with Crippen molar-refractivity contribution in [3.05, 3.63) is 90.2 Å². The third-order valence-corrected chi connectivity index (χ3v) is 5.65. The van der Waals surface area contributed by atoms with Crippen molar-refractivity contribution in [3.63, 3.8) is 0 Å². The van der Waals surface area contributed by atoms with E-state index in [1.54, 1.807) is 0 Å². The van der Waals surface area contributed by atoms with Crippen molar-refractivity contribution in [2.45, 2.75) is 20.9 Å². The first-order chi connectivity index (χ1) is 11.5. The van der Waals surface area contributed by atoms with Gasteiger partial charge in [-0.15, -0.1) is 0 Å². The van der Waals surface area contributed by atoms with E-state index in [0.717, 1.165) is 21.9 Å². The number of alkyl halides is 3. The third-order valence-electron chi connectivity index (χ3n) is 3.44. The molecule has 0 heterocycles. The fraction of sp³-hybridized carbons (Fsp3) is 0.0526. The Morgan fingerprint density at radius 3 is 1.58 bits per heavy atom. The average Bonchev–Trinajstić information content (AvgIpc) is 2.57. The van der Waals surface area contributed by atoms with Gasteiger partial charge >= 0.3 is 6.18 Å². The zero-order valence-corrected chi connectivity index (χ0v) is 13.2. The predicted molar refractivity (Wildman–Crippen MR) is 86.4 cm³/mol. The molecule has 5 heteroatoms. The molecular formula is C19H13F4S+. The van der Waals surface area contributed by atoms with Gasteiger partial charge in [-0.05, 0) is 36.4 Å². The van der Waals surface area contributed by atoms with Gasteiger partial charge in [-0.3, -0.25) is 0 Å². The molecular weight excluding hydrogens is 336 g/mol. The first kappa shape index (κ1) is 16.6. The highest BCUT2D eigenvalue weighted by atomic mass is 32.2. The largest absolute Gasteiger partial charge is 0.419 e. The average molecular weight is 349 g/mol. The van der Waals surface area contributed by atoms with E-state index in [4.69, 9.17) is 0 Å². The number of benzene rings is 3. The van der Waals surface area contributed by atoms with E-state index in [1.165, 1.54) is 6.07 Å². The maximum atomic E-state index is 13.6. The lowest BCUT2D eigenvalue weighted by atomic mass is 10.2. The minimum atomic E-state index is -4.72. The molecule has 0 amide bonds. The number of hydrogen-bond donors (Lipinski definition) is 0. The molecule has 0 bridgehead atoms. The highest BCUT2D eigenvalue weighted by Crippen LogP contribution is 2.36. The second kappa shape index (κ2) is 6.69. The lowest BCUT2D eigenvalue weighted by Crippen LogP contribution is -2.11. The molecule has 24 heavy (non-hydrogen) atoms. The Labute approximate surface area is 140 Å². The summed E-state index contributed by atoms with van der Waals surface area (Å²) in [6, 6.07) is 21.8. The van der Waals surface area contributed by atoms with Crippen molar-refractivity contribution < 1.29 is 17.6 Å². The molecule has 122 valence electrons. The van der Waals surface area contributed by atoms with E-state index in [1.807, 2.05) is 60.7 Å². The zero-order chi connectivity index (χ0) is 17.2. The van der Waals surface area contributed by atoms with Crippen molar-refractivity contribution >= 4 is 10.9 Å². The van der Waals surface area contributed by atoms with Crippen LogP contribution in [0.3, 0.4) is 0 Å². The van der Waals surface area contributed by atoms with Gasteiger partial charge in [0.15, 0.2) is 14.7 Å². The molecule has 0 saturated heterocycles. The molecule has 3 aromatic rings. The van der Waals surface area contributed by atoms with Gasteiger partial charge in [0, 0.05) is 6.07 Å². The van der Waals surface area contributed by atoms with Crippen LogP contribution in [0, 0.1) is 5.82 Å². The predicted octanol–water partition coefficient (Wildman–Crippen LogP) is 5.94. The van der Waals surface area contributed by atoms with Crippen LogP contribution in [0.4, 0.5) is 17.6 Å². The van der Waals surface area contributed by atoms with Crippen LogP contribution < -0.4 is 0 Å². The van der Waals surface area contributed by atoms with Crippen LogP contribution in [0.2, 0.25) is 0 Å². The summed E-state index contributed by atoms with van der Waals surface area (Å²) in [5.74, 6) is -1.25. The van der Waals surface area contributed by atoms with Crippen LogP contribution >= 0.6 is 0 Å². The number of hydrogen-bond acceptors (Lipinski definition) is 0. The zero-order valence-electron chi connectivity index (χ0n) is 12.4. The third kappa shape index (κ3) is 3.46. The molecule has 0 atom stereocenters. The van der Waals surface area contributed by atoms with Gasteiger partial charge in [-0.2, -0.15) is 13.2 Å². The van der Waals surface area contributed by atoms with E-state index in [0.29, 0.717) is 4.90 Å². The summed E-state index contributed by atoms with van der Waals surface area (Å²) in [7, 11) is -0.735. The van der Waals surface area contributed by atoms with Crippen molar-refractivity contribution in [1.82, 2.24) is 0 Å². The van der Waals surface area contributed by atoms with E-state index in [9.17, 15) is 17.6 Å². The molecule has 0 nitrogen and oxygen atoms in total. The monoisotopic (exact) mass is 349 g/mol. The SMILES string of the molecule is Fc1ccc([S+](c2ccccc2)c2ccccc2)cc1C(F)(F)F. The van der Waals surface area contributed by atoms with E-state index in [2.05, 4.69) is 0 Å². The summed E-state index contributed by atoms with van der Waals surface area (Å²) >= 11 is 0. The fourth-order valence-electron chi connectivity index (χ4n) is 2.37. The summed E-state index contributed by atoms with van der Waals surface area (Å²) in [5.41, 5.74) is -1.23. The van der Waals surface area contributed by atoms with Gasteiger partial charge in [-0.25, -0.2) is 4.39 Å². The van der Waals surface area contributed by atoms with Gasteiger partial charge in [0.25, 0.3) is 0 Å². The molecule has 0 fully saturated rings. The lowest BCUT2D eigenvalue weighted by Gasteiger charge is -2.11. The molecule has 3 rings (SSSR count). The minimum Gasteiger partial charge on any atom is -0.206 e. The van der Waals surface area contributed by atoms with Crippen LogP contribution in [0.15, 0.2) is 93.5 Å². The highest BCUT2D eigenvalue weighted by molar-refractivity contribution is 7.97. The second-order valence-corrected chi connectivity index (χ2v) is 7.10. The van der Waals surface area contributed by atoms with Crippen LogP contribution in [0.1, 0.15) is 5.56 Å². The Morgan fingerprint density at radius 1 is 0.625 bits per heavy atom. The van der Waals surface area contributed by atoms with Crippen LogP contribution in [-0.4, -0.2) is 0 Å². The summed E-state index contributed by atoms with van der Waals surface area (Å²) in [4.78, 5) is 2.19. The van der Waals surface area contributed by atoms with Crippen LogP contribution in [0.5, 0.6) is 0 Å². The Bertz CT molecular complexity index is 774. The lowest BCUT2D eigenvalue weighted by molar-refractivity contribution is -0.140. The smallest absolute Gasteiger partial charge is 0.206 e. The van der Waals surface area contributed by atoms with E-state index >= 15 is 0 Å². The highest BCUT2D eigenvalue weighted by Gasteiger charge is 2.37. The molecule has 0 aromatic heterocycles. The van der Waals surface area contributed by atoms with Crippen molar-refractivity contribution in [1.29, 1.82) is 0 Å². The van der Waals surface area contributed by atoms with Crippen LogP contribution in [-0.2, 0) is 17.1 Å². The molecule has 0 unspecified atom stereocenters. The topological polar surface area (TPSA) is 0 Å². The first-order valence-corrected chi connectivity index (χ1v) is 8.40. The van der Waals surface area contributed by atoms with Gasteiger partial charge < -0.3 is 0 Å². The maximum absolute atomic E-state index is 13.6. The molecule has 3 aromatic carbocycles. The number of rotatable bonds is 3. The summed E-state index contributed by atoms with van der Waals surface area (Å²) in [5, 5.41) is 0. The summed E-state index contributed by atoms with van der Waals surface area (Å²) in [6.45, 7) is 0. The van der Waals surface area contributed by atoms with Crippen molar-refractivity contribution in [2.75, 3.05) is 0 Å². The van der Waals surface area contributed by atoms with E-state index < -0.39 is 28.5 Å². The Kier molecular flexibility index (Phi) is 4.62. The molecule has 0 spiro atoms. The van der Waals surface area contributed by atoms with Gasteiger partial charge in [0.05, 0.1) is 16.5 Å². The molecule has 0 radical (unpaired) electrons. The standard InChI is InChI=1S/C19H13F4S/c20-18-12-11-16(13-17(18)19(21,22)23)24(14-7-3-1-4-8-14)15-9-5-2-6-10-15/h1-13H/q+1. The molecule has 0 N–H and O–H groups in total. The molecule has 0 aliphatic carbocycles. The van der Waals surface area contributed by atoms with E-state index in [-0.39, 0.29) is 0 Å². The van der Waals surface area contributed by atoms with Crippen molar-refractivity contribution in [2.24, 2.45) is 0 Å². The Morgan fingerprint density at radius 2 is 1.12 bits per heavy atom. The first-order valence-electron chi connectivity index (χ1n) is 7.18.